The molecule has 1 aliphatic carbocycles. The summed E-state index contributed by atoms with van der Waals surface area (Å²) in [6.45, 7) is 3.56. The number of amides is 1. The Morgan fingerprint density at radius 2 is 1.89 bits per heavy atom. The third-order valence-corrected chi connectivity index (χ3v) is 3.91. The fourth-order valence-electron chi connectivity index (χ4n) is 2.49. The summed E-state index contributed by atoms with van der Waals surface area (Å²) in [5.41, 5.74) is 4.29. The van der Waals surface area contributed by atoms with Crippen molar-refractivity contribution in [1.82, 2.24) is 0 Å². The van der Waals surface area contributed by atoms with Gasteiger partial charge in [-0.1, -0.05) is 20.3 Å². The van der Waals surface area contributed by atoms with Crippen LogP contribution in [0.1, 0.15) is 58.8 Å². The molecular weight excluding hydrogens is 246 g/mol. The highest BCUT2D eigenvalue weighted by atomic mass is 16.6. The topological polar surface area (TPSA) is 89.6 Å². The lowest BCUT2D eigenvalue weighted by Crippen LogP contribution is -2.49. The zero-order valence-corrected chi connectivity index (χ0v) is 11.9. The SMILES string of the molecule is CCC(O)CC(C)C(=O)OC1(C(N)=O)CCCCC1. The predicted molar refractivity (Wildman–Crippen MR) is 71.2 cm³/mol. The average molecular weight is 271 g/mol. The van der Waals surface area contributed by atoms with E-state index in [1.165, 1.54) is 0 Å². The van der Waals surface area contributed by atoms with E-state index in [0.717, 1.165) is 19.3 Å². The van der Waals surface area contributed by atoms with E-state index in [9.17, 15) is 14.7 Å². The first-order valence-corrected chi connectivity index (χ1v) is 7.12. The Morgan fingerprint density at radius 3 is 2.37 bits per heavy atom. The Hall–Kier alpha value is -1.10. The minimum Gasteiger partial charge on any atom is -0.449 e. The molecule has 3 N–H and O–H groups in total. The molecule has 1 aliphatic rings. The second kappa shape index (κ2) is 6.89. The van der Waals surface area contributed by atoms with E-state index in [0.29, 0.717) is 25.7 Å². The van der Waals surface area contributed by atoms with Crippen molar-refractivity contribution in [1.29, 1.82) is 0 Å². The van der Waals surface area contributed by atoms with Gasteiger partial charge in [-0.25, -0.2) is 0 Å². The van der Waals surface area contributed by atoms with Crippen LogP contribution in [-0.2, 0) is 14.3 Å². The number of hydrogen-bond donors (Lipinski definition) is 2. The molecule has 1 fully saturated rings. The van der Waals surface area contributed by atoms with Gasteiger partial charge < -0.3 is 15.6 Å². The Kier molecular flexibility index (Phi) is 5.79. The summed E-state index contributed by atoms with van der Waals surface area (Å²) in [6, 6.07) is 0. The standard InChI is InChI=1S/C14H25NO4/c1-3-11(16)9-10(2)12(17)19-14(13(15)18)7-5-4-6-8-14/h10-11,16H,3-9H2,1-2H3,(H2,15,18). The van der Waals surface area contributed by atoms with Crippen LogP contribution in [0.25, 0.3) is 0 Å². The molecule has 0 radical (unpaired) electrons. The lowest BCUT2D eigenvalue weighted by atomic mass is 9.84. The first-order chi connectivity index (χ1) is 8.91. The predicted octanol–water partition coefficient (Wildman–Crippen LogP) is 1.51. The highest BCUT2D eigenvalue weighted by Crippen LogP contribution is 2.32. The highest BCUT2D eigenvalue weighted by molar-refractivity contribution is 5.87. The van der Waals surface area contributed by atoms with Gasteiger partial charge in [0.05, 0.1) is 12.0 Å². The maximum atomic E-state index is 12.0. The van der Waals surface area contributed by atoms with Crippen molar-refractivity contribution >= 4 is 11.9 Å². The summed E-state index contributed by atoms with van der Waals surface area (Å²) in [7, 11) is 0. The Morgan fingerprint density at radius 1 is 1.32 bits per heavy atom. The number of aliphatic hydroxyl groups excluding tert-OH is 1. The van der Waals surface area contributed by atoms with Gasteiger partial charge in [0.2, 0.25) is 0 Å². The molecule has 5 nitrogen and oxygen atoms in total. The van der Waals surface area contributed by atoms with E-state index in [-0.39, 0.29) is 0 Å². The lowest BCUT2D eigenvalue weighted by molar-refractivity contribution is -0.175. The zero-order valence-electron chi connectivity index (χ0n) is 11.9. The molecule has 0 aromatic carbocycles. The Bertz CT molecular complexity index is 323. The first kappa shape index (κ1) is 16.0. The van der Waals surface area contributed by atoms with Gasteiger partial charge in [-0.05, 0) is 38.5 Å². The molecular formula is C14H25NO4. The number of aliphatic hydroxyl groups is 1. The smallest absolute Gasteiger partial charge is 0.309 e. The number of ether oxygens (including phenoxy) is 1. The second-order valence-corrected chi connectivity index (χ2v) is 5.54. The van der Waals surface area contributed by atoms with E-state index in [4.69, 9.17) is 10.5 Å². The third kappa shape index (κ3) is 4.20. The molecule has 2 unspecified atom stereocenters. The highest BCUT2D eigenvalue weighted by Gasteiger charge is 2.42. The molecule has 0 bridgehead atoms. The molecule has 0 heterocycles. The number of hydrogen-bond acceptors (Lipinski definition) is 4. The summed E-state index contributed by atoms with van der Waals surface area (Å²) in [5, 5.41) is 9.56. The van der Waals surface area contributed by atoms with E-state index in [1.54, 1.807) is 6.92 Å². The molecule has 0 aliphatic heterocycles. The van der Waals surface area contributed by atoms with Crippen molar-refractivity contribution in [3.8, 4) is 0 Å². The van der Waals surface area contributed by atoms with E-state index < -0.39 is 29.5 Å². The Labute approximate surface area is 114 Å². The molecule has 110 valence electrons. The second-order valence-electron chi connectivity index (χ2n) is 5.54. The summed E-state index contributed by atoms with van der Waals surface area (Å²) >= 11 is 0. The van der Waals surface area contributed by atoms with E-state index in [2.05, 4.69) is 0 Å². The molecule has 1 rings (SSSR count). The molecule has 1 saturated carbocycles. The van der Waals surface area contributed by atoms with Crippen LogP contribution >= 0.6 is 0 Å². The van der Waals surface area contributed by atoms with Crippen LogP contribution in [-0.4, -0.2) is 28.7 Å². The molecule has 19 heavy (non-hydrogen) atoms. The monoisotopic (exact) mass is 271 g/mol. The summed E-state index contributed by atoms with van der Waals surface area (Å²) in [6.07, 6.45) is 4.19. The molecule has 5 heteroatoms. The number of nitrogens with two attached hydrogens (primary N) is 1. The average Bonchev–Trinajstić information content (AvgIpc) is 2.39. The van der Waals surface area contributed by atoms with Crippen molar-refractivity contribution in [3.05, 3.63) is 0 Å². The lowest BCUT2D eigenvalue weighted by Gasteiger charge is -2.34. The van der Waals surface area contributed by atoms with Crippen molar-refractivity contribution in [2.45, 2.75) is 70.5 Å². The molecule has 0 aromatic rings. The summed E-state index contributed by atoms with van der Waals surface area (Å²) in [4.78, 5) is 23.6. The van der Waals surface area contributed by atoms with Gasteiger partial charge in [0.15, 0.2) is 5.60 Å². The summed E-state index contributed by atoms with van der Waals surface area (Å²) < 4.78 is 5.42. The maximum Gasteiger partial charge on any atom is 0.309 e. The largest absolute Gasteiger partial charge is 0.449 e. The van der Waals surface area contributed by atoms with Gasteiger partial charge in [0.1, 0.15) is 0 Å². The molecule has 2 atom stereocenters. The minimum atomic E-state index is -1.12. The van der Waals surface area contributed by atoms with Gasteiger partial charge in [0, 0.05) is 0 Å². The normalized spacial score (nSPS) is 21.4. The van der Waals surface area contributed by atoms with Crippen LogP contribution in [0.5, 0.6) is 0 Å². The van der Waals surface area contributed by atoms with Crippen molar-refractivity contribution in [2.24, 2.45) is 11.7 Å². The van der Waals surface area contributed by atoms with Crippen LogP contribution in [0.2, 0.25) is 0 Å². The van der Waals surface area contributed by atoms with Crippen LogP contribution in [0.15, 0.2) is 0 Å². The molecule has 0 saturated heterocycles. The van der Waals surface area contributed by atoms with Gasteiger partial charge in [0.25, 0.3) is 5.91 Å². The third-order valence-electron chi connectivity index (χ3n) is 3.91. The van der Waals surface area contributed by atoms with E-state index >= 15 is 0 Å². The fourth-order valence-corrected chi connectivity index (χ4v) is 2.49. The zero-order chi connectivity index (χ0) is 14.5. The van der Waals surface area contributed by atoms with Gasteiger partial charge >= 0.3 is 5.97 Å². The number of esters is 1. The number of carbonyl (C=O) groups excluding carboxylic acids is 2. The van der Waals surface area contributed by atoms with Crippen LogP contribution in [0.3, 0.4) is 0 Å². The van der Waals surface area contributed by atoms with Gasteiger partial charge in [-0.2, -0.15) is 0 Å². The van der Waals surface area contributed by atoms with Crippen LogP contribution in [0.4, 0.5) is 0 Å². The first-order valence-electron chi connectivity index (χ1n) is 7.12. The minimum absolute atomic E-state index is 0.351. The van der Waals surface area contributed by atoms with Crippen LogP contribution < -0.4 is 5.73 Å². The van der Waals surface area contributed by atoms with Crippen LogP contribution in [0, 0.1) is 5.92 Å². The summed E-state index contributed by atoms with van der Waals surface area (Å²) in [5.74, 6) is -1.41. The van der Waals surface area contributed by atoms with Crippen molar-refractivity contribution in [2.75, 3.05) is 0 Å². The number of primary amides is 1. The number of rotatable bonds is 6. The van der Waals surface area contributed by atoms with Gasteiger partial charge in [-0.3, -0.25) is 9.59 Å². The number of carbonyl (C=O) groups is 2. The molecule has 0 spiro atoms. The van der Waals surface area contributed by atoms with E-state index in [1.807, 2.05) is 6.92 Å². The Balaban J connectivity index is 2.63. The fraction of sp³-hybridized carbons (Fsp3) is 0.857. The quantitative estimate of drug-likeness (QED) is 0.717. The molecule has 1 amide bonds. The molecule has 0 aromatic heterocycles. The van der Waals surface area contributed by atoms with Gasteiger partial charge in [-0.15, -0.1) is 0 Å². The van der Waals surface area contributed by atoms with Crippen molar-refractivity contribution in [3.63, 3.8) is 0 Å². The van der Waals surface area contributed by atoms with Crippen molar-refractivity contribution < 1.29 is 19.4 Å². The maximum absolute atomic E-state index is 12.0.